The normalized spacial score (nSPS) is 18.1. The first-order valence-electron chi connectivity index (χ1n) is 6.74. The molecule has 4 nitrogen and oxygen atoms in total. The van der Waals surface area contributed by atoms with Gasteiger partial charge in [-0.15, -0.1) is 0 Å². The smallest absolute Gasteiger partial charge is 0.408 e. The first-order valence-corrected chi connectivity index (χ1v) is 6.74. The lowest BCUT2D eigenvalue weighted by atomic mass is 9.78. The lowest BCUT2D eigenvalue weighted by molar-refractivity contribution is -0.128. The number of nitrogens with one attached hydrogen (secondary N) is 1. The van der Waals surface area contributed by atoms with E-state index in [9.17, 15) is 9.59 Å². The molecule has 0 saturated heterocycles. The van der Waals surface area contributed by atoms with Crippen LogP contribution in [0.4, 0.5) is 4.79 Å². The van der Waals surface area contributed by atoms with Crippen LogP contribution in [0.2, 0.25) is 0 Å². The fourth-order valence-corrected chi connectivity index (χ4v) is 1.95. The zero-order valence-electron chi connectivity index (χ0n) is 12.1. The molecule has 0 aliphatic heterocycles. The number of carbonyl (C=O) groups is 2. The van der Waals surface area contributed by atoms with Gasteiger partial charge < -0.3 is 10.1 Å². The maximum Gasteiger partial charge on any atom is 0.408 e. The van der Waals surface area contributed by atoms with Crippen LogP contribution in [0.5, 0.6) is 0 Å². The molecular formula is C14H25NO3. The van der Waals surface area contributed by atoms with Crippen molar-refractivity contribution in [2.45, 2.75) is 65.5 Å². The van der Waals surface area contributed by atoms with Crippen LogP contribution in [0, 0.1) is 11.8 Å². The minimum absolute atomic E-state index is 0.0885. The zero-order valence-corrected chi connectivity index (χ0v) is 12.1. The Morgan fingerprint density at radius 1 is 1.22 bits per heavy atom. The molecule has 0 spiro atoms. The van der Waals surface area contributed by atoms with Crippen molar-refractivity contribution in [1.29, 1.82) is 0 Å². The van der Waals surface area contributed by atoms with E-state index < -0.39 is 17.7 Å². The van der Waals surface area contributed by atoms with Gasteiger partial charge in [-0.3, -0.25) is 4.79 Å². The van der Waals surface area contributed by atoms with Crippen molar-refractivity contribution < 1.29 is 14.3 Å². The highest BCUT2D eigenvalue weighted by Gasteiger charge is 2.34. The van der Waals surface area contributed by atoms with E-state index in [2.05, 4.69) is 5.32 Å². The molecule has 1 aliphatic carbocycles. The van der Waals surface area contributed by atoms with E-state index in [1.807, 2.05) is 34.6 Å². The third-order valence-electron chi connectivity index (χ3n) is 3.15. The number of hydrogen-bond acceptors (Lipinski definition) is 3. The molecular weight excluding hydrogens is 230 g/mol. The van der Waals surface area contributed by atoms with Crippen molar-refractivity contribution in [3.8, 4) is 0 Å². The average molecular weight is 255 g/mol. The summed E-state index contributed by atoms with van der Waals surface area (Å²) in [7, 11) is 0. The monoisotopic (exact) mass is 255 g/mol. The first kappa shape index (κ1) is 15.0. The summed E-state index contributed by atoms with van der Waals surface area (Å²) in [6.07, 6.45) is 2.53. The summed E-state index contributed by atoms with van der Waals surface area (Å²) in [5.41, 5.74) is -0.537. The number of alkyl carbamates (subject to hydrolysis) is 1. The molecule has 0 unspecified atom stereocenters. The Labute approximate surface area is 109 Å². The number of rotatable bonds is 4. The highest BCUT2D eigenvalue weighted by molar-refractivity contribution is 5.90. The maximum atomic E-state index is 12.2. The van der Waals surface area contributed by atoms with Crippen molar-refractivity contribution >= 4 is 11.9 Å². The quantitative estimate of drug-likeness (QED) is 0.840. The van der Waals surface area contributed by atoms with Gasteiger partial charge in [-0.25, -0.2) is 4.79 Å². The first-order chi connectivity index (χ1) is 8.20. The summed E-state index contributed by atoms with van der Waals surface area (Å²) in [5.74, 6) is 0.375. The Morgan fingerprint density at radius 2 is 1.78 bits per heavy atom. The standard InChI is InChI=1S/C14H25NO3/c1-9(2)11(12(16)10-7-6-8-10)15-13(17)18-14(3,4)5/h9-11H,6-8H2,1-5H3,(H,15,17)/t11-/m0/s1. The van der Waals surface area contributed by atoms with E-state index in [0.717, 1.165) is 19.3 Å². The van der Waals surface area contributed by atoms with Crippen LogP contribution in [0.1, 0.15) is 53.9 Å². The fraction of sp³-hybridized carbons (Fsp3) is 0.857. The highest BCUT2D eigenvalue weighted by Crippen LogP contribution is 2.29. The minimum atomic E-state index is -0.537. The molecule has 1 fully saturated rings. The third-order valence-corrected chi connectivity index (χ3v) is 3.15. The van der Waals surface area contributed by atoms with E-state index in [1.165, 1.54) is 0 Å². The van der Waals surface area contributed by atoms with Gasteiger partial charge in [0.1, 0.15) is 5.60 Å². The molecule has 0 aromatic heterocycles. The summed E-state index contributed by atoms with van der Waals surface area (Å²) >= 11 is 0. The van der Waals surface area contributed by atoms with Gasteiger partial charge in [0.25, 0.3) is 0 Å². The molecule has 0 aromatic carbocycles. The van der Waals surface area contributed by atoms with Gasteiger partial charge in [0.05, 0.1) is 6.04 Å². The van der Waals surface area contributed by atoms with Crippen LogP contribution in [0.25, 0.3) is 0 Å². The van der Waals surface area contributed by atoms with Crippen molar-refractivity contribution in [3.63, 3.8) is 0 Å². The number of carbonyl (C=O) groups excluding carboxylic acids is 2. The third kappa shape index (κ3) is 4.31. The van der Waals surface area contributed by atoms with Crippen molar-refractivity contribution in [1.82, 2.24) is 5.32 Å². The predicted octanol–water partition coefficient (Wildman–Crippen LogP) is 2.90. The van der Waals surface area contributed by atoms with Gasteiger partial charge >= 0.3 is 6.09 Å². The molecule has 0 heterocycles. The summed E-state index contributed by atoms with van der Waals surface area (Å²) in [4.78, 5) is 23.9. The molecule has 1 N–H and O–H groups in total. The van der Waals surface area contributed by atoms with Crippen molar-refractivity contribution in [3.05, 3.63) is 0 Å². The molecule has 18 heavy (non-hydrogen) atoms. The number of Topliss-reactive ketones (excluding diaryl/α,β-unsaturated/α-hetero) is 1. The van der Waals surface area contributed by atoms with E-state index in [-0.39, 0.29) is 17.6 Å². The van der Waals surface area contributed by atoms with Crippen LogP contribution in [-0.2, 0) is 9.53 Å². The van der Waals surface area contributed by atoms with Crippen LogP contribution in [0.3, 0.4) is 0 Å². The number of ketones is 1. The van der Waals surface area contributed by atoms with Crippen LogP contribution >= 0.6 is 0 Å². The molecule has 1 aliphatic rings. The summed E-state index contributed by atoms with van der Waals surface area (Å²) in [6, 6.07) is -0.426. The zero-order chi connectivity index (χ0) is 13.9. The molecule has 1 amide bonds. The van der Waals surface area contributed by atoms with Gasteiger partial charge in [-0.05, 0) is 39.5 Å². The van der Waals surface area contributed by atoms with Crippen LogP contribution in [-0.4, -0.2) is 23.5 Å². The van der Waals surface area contributed by atoms with Gasteiger partial charge in [0.15, 0.2) is 5.78 Å². The fourth-order valence-electron chi connectivity index (χ4n) is 1.95. The van der Waals surface area contributed by atoms with Crippen molar-refractivity contribution in [2.24, 2.45) is 11.8 Å². The summed E-state index contributed by atoms with van der Waals surface area (Å²) in [5, 5.41) is 2.71. The topological polar surface area (TPSA) is 55.4 Å². The number of hydrogen-bond donors (Lipinski definition) is 1. The minimum Gasteiger partial charge on any atom is -0.444 e. The Hall–Kier alpha value is -1.06. The number of ether oxygens (including phenoxy) is 1. The van der Waals surface area contributed by atoms with E-state index in [0.29, 0.717) is 0 Å². The molecule has 1 rings (SSSR count). The molecule has 0 bridgehead atoms. The van der Waals surface area contributed by atoms with Gasteiger partial charge in [0.2, 0.25) is 0 Å². The molecule has 0 radical (unpaired) electrons. The maximum absolute atomic E-state index is 12.2. The van der Waals surface area contributed by atoms with E-state index >= 15 is 0 Å². The molecule has 104 valence electrons. The Balaban J connectivity index is 2.57. The second-order valence-corrected chi connectivity index (χ2v) is 6.40. The van der Waals surface area contributed by atoms with Gasteiger partial charge in [-0.2, -0.15) is 0 Å². The number of amides is 1. The average Bonchev–Trinajstić information content (AvgIpc) is 2.07. The molecule has 1 atom stereocenters. The molecule has 0 aromatic rings. The predicted molar refractivity (Wildman–Crippen MR) is 70.3 cm³/mol. The Bertz CT molecular complexity index is 313. The Kier molecular flexibility index (Phi) is 4.77. The van der Waals surface area contributed by atoms with E-state index in [1.54, 1.807) is 0 Å². The van der Waals surface area contributed by atoms with Gasteiger partial charge in [-0.1, -0.05) is 20.3 Å². The lowest BCUT2D eigenvalue weighted by Gasteiger charge is -2.31. The lowest BCUT2D eigenvalue weighted by Crippen LogP contribution is -2.49. The molecule has 1 saturated carbocycles. The summed E-state index contributed by atoms with van der Waals surface area (Å²) in [6.45, 7) is 9.32. The van der Waals surface area contributed by atoms with Crippen LogP contribution < -0.4 is 5.32 Å². The Morgan fingerprint density at radius 3 is 2.11 bits per heavy atom. The largest absolute Gasteiger partial charge is 0.444 e. The second kappa shape index (κ2) is 5.72. The second-order valence-electron chi connectivity index (χ2n) is 6.40. The van der Waals surface area contributed by atoms with Crippen LogP contribution in [0.15, 0.2) is 0 Å². The van der Waals surface area contributed by atoms with E-state index in [4.69, 9.17) is 4.74 Å². The van der Waals surface area contributed by atoms with Gasteiger partial charge in [0, 0.05) is 5.92 Å². The van der Waals surface area contributed by atoms with Crippen molar-refractivity contribution in [2.75, 3.05) is 0 Å². The molecule has 4 heteroatoms. The summed E-state index contributed by atoms with van der Waals surface area (Å²) < 4.78 is 5.20. The highest BCUT2D eigenvalue weighted by atomic mass is 16.6. The SMILES string of the molecule is CC(C)[C@H](NC(=O)OC(C)(C)C)C(=O)C1CCC1.